The minimum absolute atomic E-state index is 0.303. The van der Waals surface area contributed by atoms with E-state index in [9.17, 15) is 5.11 Å². The molecule has 0 amide bonds. The number of aliphatic hydroxyl groups is 1. The van der Waals surface area contributed by atoms with Gasteiger partial charge in [-0.25, -0.2) is 0 Å². The second kappa shape index (κ2) is 5.63. The summed E-state index contributed by atoms with van der Waals surface area (Å²) in [6.07, 6.45) is 6.42. The molecule has 4 heteroatoms. The molecule has 0 radical (unpaired) electrons. The van der Waals surface area contributed by atoms with Crippen LogP contribution in [0.15, 0.2) is 6.20 Å². The topological polar surface area (TPSA) is 50.1 Å². The Balaban J connectivity index is 2.02. The zero-order valence-electron chi connectivity index (χ0n) is 12.6. The number of aryl methyl sites for hydroxylation is 1. The Kier molecular flexibility index (Phi) is 4.31. The minimum Gasteiger partial charge on any atom is -0.389 e. The van der Waals surface area contributed by atoms with Gasteiger partial charge in [-0.15, -0.1) is 0 Å². The van der Waals surface area contributed by atoms with Crippen molar-refractivity contribution in [1.82, 2.24) is 15.1 Å². The second-order valence-electron chi connectivity index (χ2n) is 6.16. The molecule has 1 aromatic rings. The number of hydrogen-bond acceptors (Lipinski definition) is 3. The summed E-state index contributed by atoms with van der Waals surface area (Å²) in [5, 5.41) is 18.4. The highest BCUT2D eigenvalue weighted by Crippen LogP contribution is 2.30. The molecule has 0 aliphatic heterocycles. The van der Waals surface area contributed by atoms with Gasteiger partial charge in [0.05, 0.1) is 11.8 Å². The summed E-state index contributed by atoms with van der Waals surface area (Å²) in [6.45, 7) is 6.80. The molecule has 3 unspecified atom stereocenters. The van der Waals surface area contributed by atoms with Crippen LogP contribution in [-0.2, 0) is 13.5 Å². The van der Waals surface area contributed by atoms with Gasteiger partial charge >= 0.3 is 0 Å². The van der Waals surface area contributed by atoms with E-state index in [4.69, 9.17) is 0 Å². The molecule has 3 atom stereocenters. The highest BCUT2D eigenvalue weighted by atomic mass is 16.3. The van der Waals surface area contributed by atoms with Gasteiger partial charge < -0.3 is 10.4 Å². The molecule has 0 fully saturated rings. The van der Waals surface area contributed by atoms with Crippen LogP contribution in [0, 0.1) is 5.92 Å². The average Bonchev–Trinajstić information content (AvgIpc) is 2.78. The van der Waals surface area contributed by atoms with E-state index in [-0.39, 0.29) is 0 Å². The Morgan fingerprint density at radius 2 is 2.37 bits per heavy atom. The van der Waals surface area contributed by atoms with Crippen molar-refractivity contribution in [3.8, 4) is 0 Å². The van der Waals surface area contributed by atoms with Crippen molar-refractivity contribution in [3.05, 3.63) is 17.5 Å². The fourth-order valence-electron chi connectivity index (χ4n) is 2.86. The molecule has 1 heterocycles. The molecule has 1 aliphatic carbocycles. The van der Waals surface area contributed by atoms with E-state index in [2.05, 4.69) is 24.3 Å². The van der Waals surface area contributed by atoms with Gasteiger partial charge in [0, 0.05) is 30.9 Å². The minimum atomic E-state index is -0.644. The third-order valence-electron chi connectivity index (χ3n) is 4.76. The van der Waals surface area contributed by atoms with Crippen LogP contribution in [-0.4, -0.2) is 27.0 Å². The maximum Gasteiger partial charge on any atom is 0.0769 e. The molecule has 0 aromatic carbocycles. The molecule has 4 nitrogen and oxygen atoms in total. The standard InChI is InChI=1S/C15H27N3O/c1-5-11(2)15(3,19)10-16-13-7-6-8-14-12(13)9-17-18(14)4/h9,11,13,16,19H,5-8,10H2,1-4H3. The van der Waals surface area contributed by atoms with E-state index in [0.29, 0.717) is 18.5 Å². The van der Waals surface area contributed by atoms with Gasteiger partial charge in [-0.3, -0.25) is 4.68 Å². The van der Waals surface area contributed by atoms with Crippen LogP contribution in [0.3, 0.4) is 0 Å². The fourth-order valence-corrected chi connectivity index (χ4v) is 2.86. The first kappa shape index (κ1) is 14.5. The molecule has 2 N–H and O–H groups in total. The van der Waals surface area contributed by atoms with Crippen molar-refractivity contribution in [2.45, 2.75) is 58.1 Å². The van der Waals surface area contributed by atoms with Crippen LogP contribution in [0.1, 0.15) is 57.3 Å². The molecule has 2 rings (SSSR count). The molecule has 108 valence electrons. The van der Waals surface area contributed by atoms with Crippen molar-refractivity contribution in [3.63, 3.8) is 0 Å². The predicted molar refractivity (Wildman–Crippen MR) is 77.0 cm³/mol. The van der Waals surface area contributed by atoms with Crippen LogP contribution in [0.2, 0.25) is 0 Å². The average molecular weight is 265 g/mol. The Morgan fingerprint density at radius 3 is 3.05 bits per heavy atom. The van der Waals surface area contributed by atoms with E-state index in [1.165, 1.54) is 17.7 Å². The Hall–Kier alpha value is -0.870. The van der Waals surface area contributed by atoms with Crippen LogP contribution < -0.4 is 5.32 Å². The molecular formula is C15H27N3O. The number of rotatable bonds is 5. The Bertz CT molecular complexity index is 425. The molecule has 1 aliphatic rings. The van der Waals surface area contributed by atoms with Crippen LogP contribution in [0.4, 0.5) is 0 Å². The SMILES string of the molecule is CCC(C)C(C)(O)CNC1CCCc2c1cnn2C. The van der Waals surface area contributed by atoms with E-state index in [1.807, 2.05) is 24.9 Å². The summed E-state index contributed by atoms with van der Waals surface area (Å²) in [5.74, 6) is 0.303. The highest BCUT2D eigenvalue weighted by Gasteiger charge is 2.30. The summed E-state index contributed by atoms with van der Waals surface area (Å²) in [5.41, 5.74) is 2.01. The van der Waals surface area contributed by atoms with Crippen molar-refractivity contribution in [2.24, 2.45) is 13.0 Å². The maximum absolute atomic E-state index is 10.5. The summed E-state index contributed by atoms with van der Waals surface area (Å²) in [6, 6.07) is 0.341. The summed E-state index contributed by atoms with van der Waals surface area (Å²) in [7, 11) is 2.01. The molecule has 0 saturated heterocycles. The maximum atomic E-state index is 10.5. The largest absolute Gasteiger partial charge is 0.389 e. The number of nitrogens with one attached hydrogen (secondary N) is 1. The van der Waals surface area contributed by atoms with Gasteiger partial charge in [-0.05, 0) is 32.1 Å². The summed E-state index contributed by atoms with van der Waals surface area (Å²) in [4.78, 5) is 0. The normalized spacial score (nSPS) is 23.7. The number of fused-ring (bicyclic) bond motifs is 1. The second-order valence-corrected chi connectivity index (χ2v) is 6.16. The molecule has 19 heavy (non-hydrogen) atoms. The van der Waals surface area contributed by atoms with Gasteiger partial charge in [0.25, 0.3) is 0 Å². The lowest BCUT2D eigenvalue weighted by Crippen LogP contribution is -2.44. The van der Waals surface area contributed by atoms with E-state index in [0.717, 1.165) is 19.3 Å². The number of aromatic nitrogens is 2. The smallest absolute Gasteiger partial charge is 0.0769 e. The molecule has 0 spiro atoms. The monoisotopic (exact) mass is 265 g/mol. The van der Waals surface area contributed by atoms with Gasteiger partial charge in [-0.1, -0.05) is 20.3 Å². The first-order chi connectivity index (χ1) is 8.95. The van der Waals surface area contributed by atoms with Crippen molar-refractivity contribution in [2.75, 3.05) is 6.54 Å². The van der Waals surface area contributed by atoms with Gasteiger partial charge in [-0.2, -0.15) is 5.10 Å². The lowest BCUT2D eigenvalue weighted by atomic mass is 9.87. The van der Waals surface area contributed by atoms with Crippen molar-refractivity contribution in [1.29, 1.82) is 0 Å². The third kappa shape index (κ3) is 3.00. The third-order valence-corrected chi connectivity index (χ3v) is 4.76. The quantitative estimate of drug-likeness (QED) is 0.858. The number of hydrogen-bond donors (Lipinski definition) is 2. The van der Waals surface area contributed by atoms with Crippen molar-refractivity contribution < 1.29 is 5.11 Å². The van der Waals surface area contributed by atoms with Crippen LogP contribution in [0.5, 0.6) is 0 Å². The predicted octanol–water partition coefficient (Wildman–Crippen LogP) is 2.18. The van der Waals surface area contributed by atoms with Gasteiger partial charge in [0.2, 0.25) is 0 Å². The molecule has 0 bridgehead atoms. The Morgan fingerprint density at radius 1 is 1.63 bits per heavy atom. The first-order valence-electron chi connectivity index (χ1n) is 7.42. The molecule has 1 aromatic heterocycles. The van der Waals surface area contributed by atoms with Crippen LogP contribution in [0.25, 0.3) is 0 Å². The van der Waals surface area contributed by atoms with Gasteiger partial charge in [0.1, 0.15) is 0 Å². The van der Waals surface area contributed by atoms with Crippen molar-refractivity contribution >= 4 is 0 Å². The first-order valence-corrected chi connectivity index (χ1v) is 7.42. The lowest BCUT2D eigenvalue weighted by Gasteiger charge is -2.33. The molecule has 0 saturated carbocycles. The highest BCUT2D eigenvalue weighted by molar-refractivity contribution is 5.24. The zero-order chi connectivity index (χ0) is 14.0. The van der Waals surface area contributed by atoms with Crippen LogP contribution >= 0.6 is 0 Å². The molecular weight excluding hydrogens is 238 g/mol. The van der Waals surface area contributed by atoms with Gasteiger partial charge in [0.15, 0.2) is 0 Å². The zero-order valence-corrected chi connectivity index (χ0v) is 12.6. The van der Waals surface area contributed by atoms with E-state index in [1.54, 1.807) is 0 Å². The fraction of sp³-hybridized carbons (Fsp3) is 0.800. The Labute approximate surface area is 116 Å². The number of nitrogens with zero attached hydrogens (tertiary/aromatic N) is 2. The lowest BCUT2D eigenvalue weighted by molar-refractivity contribution is 0.00278. The summed E-state index contributed by atoms with van der Waals surface area (Å²) >= 11 is 0. The van der Waals surface area contributed by atoms with E-state index >= 15 is 0 Å². The van der Waals surface area contributed by atoms with E-state index < -0.39 is 5.60 Å². The summed E-state index contributed by atoms with van der Waals surface area (Å²) < 4.78 is 1.98.